The Morgan fingerprint density at radius 2 is 1.67 bits per heavy atom. The fourth-order valence-corrected chi connectivity index (χ4v) is 3.41. The average molecular weight is 430 g/mol. The number of anilines is 1. The minimum Gasteiger partial charge on any atom is -0.482 e. The summed E-state index contributed by atoms with van der Waals surface area (Å²) in [5.41, 5.74) is 7.44. The second-order valence-corrected chi connectivity index (χ2v) is 6.95. The van der Waals surface area contributed by atoms with Gasteiger partial charge in [-0.2, -0.15) is 0 Å². The molecule has 0 amide bonds. The Balaban J connectivity index is 1.96. The maximum atomic E-state index is 13.8. The van der Waals surface area contributed by atoms with Crippen LogP contribution >= 0.6 is 34.8 Å². The molecule has 1 unspecified atom stereocenters. The molecule has 2 aromatic carbocycles. The van der Waals surface area contributed by atoms with Gasteiger partial charge in [-0.05, 0) is 42.8 Å². The number of nitrogens with two attached hydrogens (primary N) is 1. The minimum atomic E-state index is -0.697. The monoisotopic (exact) mass is 428 g/mol. The molecule has 0 aliphatic heterocycles. The molecule has 0 bridgehead atoms. The molecule has 0 saturated carbocycles. The van der Waals surface area contributed by atoms with Crippen molar-refractivity contribution in [2.75, 3.05) is 5.73 Å². The van der Waals surface area contributed by atoms with Gasteiger partial charge < -0.3 is 10.5 Å². The van der Waals surface area contributed by atoms with Crippen LogP contribution in [0.2, 0.25) is 15.1 Å². The molecule has 8 heteroatoms. The number of benzene rings is 2. The maximum absolute atomic E-state index is 13.8. The molecule has 0 saturated heterocycles. The fourth-order valence-electron chi connectivity index (χ4n) is 2.55. The van der Waals surface area contributed by atoms with Crippen LogP contribution in [0, 0.1) is 11.6 Å². The van der Waals surface area contributed by atoms with Crippen LogP contribution in [0.1, 0.15) is 18.6 Å². The maximum Gasteiger partial charge on any atom is 0.166 e. The molecule has 140 valence electrons. The zero-order chi connectivity index (χ0) is 19.7. The van der Waals surface area contributed by atoms with Crippen molar-refractivity contribution in [2.24, 2.45) is 0 Å². The summed E-state index contributed by atoms with van der Waals surface area (Å²) >= 11 is 18.0. The van der Waals surface area contributed by atoms with Gasteiger partial charge >= 0.3 is 0 Å². The summed E-state index contributed by atoms with van der Waals surface area (Å²) in [6.07, 6.45) is 0.815. The molecule has 1 aromatic heterocycles. The highest BCUT2D eigenvalue weighted by Gasteiger charge is 2.20. The van der Waals surface area contributed by atoms with Crippen LogP contribution < -0.4 is 10.5 Å². The third-order valence-corrected chi connectivity index (χ3v) is 4.93. The first-order valence-corrected chi connectivity index (χ1v) is 8.92. The summed E-state index contributed by atoms with van der Waals surface area (Å²) in [5, 5.41) is 0.128. The fraction of sp³-hybridized carbons (Fsp3) is 0.105. The highest BCUT2D eigenvalue weighted by molar-refractivity contribution is 6.36. The first kappa shape index (κ1) is 19.7. The molecule has 1 atom stereocenters. The topological polar surface area (TPSA) is 48.1 Å². The second kappa shape index (κ2) is 7.89. The number of pyridine rings is 1. The molecule has 1 heterocycles. The van der Waals surface area contributed by atoms with E-state index >= 15 is 0 Å². The van der Waals surface area contributed by atoms with Crippen molar-refractivity contribution in [3.8, 4) is 16.9 Å². The lowest BCUT2D eigenvalue weighted by Gasteiger charge is -2.19. The Bertz CT molecular complexity index is 1010. The zero-order valence-electron chi connectivity index (χ0n) is 13.9. The summed E-state index contributed by atoms with van der Waals surface area (Å²) in [6, 6.07) is 8.48. The molecule has 0 radical (unpaired) electrons. The van der Waals surface area contributed by atoms with Gasteiger partial charge in [0.25, 0.3) is 0 Å². The van der Waals surface area contributed by atoms with E-state index in [0.717, 1.165) is 0 Å². The van der Waals surface area contributed by atoms with Crippen molar-refractivity contribution in [1.82, 2.24) is 4.98 Å². The molecule has 27 heavy (non-hydrogen) atoms. The summed E-state index contributed by atoms with van der Waals surface area (Å²) in [4.78, 5) is 4.09. The lowest BCUT2D eigenvalue weighted by atomic mass is 10.1. The molecular weight excluding hydrogens is 417 g/mol. The van der Waals surface area contributed by atoms with Gasteiger partial charge in [-0.3, -0.25) is 0 Å². The van der Waals surface area contributed by atoms with E-state index < -0.39 is 17.7 Å². The van der Waals surface area contributed by atoms with Crippen molar-refractivity contribution in [3.63, 3.8) is 0 Å². The van der Waals surface area contributed by atoms with E-state index in [9.17, 15) is 8.78 Å². The number of rotatable bonds is 4. The van der Waals surface area contributed by atoms with E-state index in [-0.39, 0.29) is 26.6 Å². The third kappa shape index (κ3) is 4.10. The summed E-state index contributed by atoms with van der Waals surface area (Å²) in [7, 11) is 0. The highest BCUT2D eigenvalue weighted by Crippen LogP contribution is 2.37. The Hall–Kier alpha value is -2.08. The molecule has 0 spiro atoms. The van der Waals surface area contributed by atoms with Gasteiger partial charge in [0.15, 0.2) is 11.6 Å². The van der Waals surface area contributed by atoms with E-state index in [0.29, 0.717) is 16.7 Å². The molecule has 0 aliphatic rings. The van der Waals surface area contributed by atoms with Crippen LogP contribution in [0.15, 0.2) is 42.6 Å². The van der Waals surface area contributed by atoms with E-state index in [2.05, 4.69) is 4.98 Å². The second-order valence-electron chi connectivity index (χ2n) is 5.75. The minimum absolute atomic E-state index is 0.0153. The van der Waals surface area contributed by atoms with E-state index in [1.165, 1.54) is 30.5 Å². The molecular formula is C19H13Cl3F2N2O. The van der Waals surface area contributed by atoms with Crippen LogP contribution in [0.3, 0.4) is 0 Å². The number of ether oxygens (including phenoxy) is 1. The van der Waals surface area contributed by atoms with Crippen LogP contribution in [-0.2, 0) is 0 Å². The van der Waals surface area contributed by atoms with Gasteiger partial charge in [0.05, 0.1) is 10.0 Å². The molecule has 2 N–H and O–H groups in total. The van der Waals surface area contributed by atoms with Crippen LogP contribution in [0.4, 0.5) is 14.6 Å². The number of hydrogen-bond donors (Lipinski definition) is 1. The highest BCUT2D eigenvalue weighted by atomic mass is 35.5. The zero-order valence-corrected chi connectivity index (χ0v) is 16.2. The third-order valence-electron chi connectivity index (χ3n) is 3.92. The van der Waals surface area contributed by atoms with Crippen LogP contribution in [0.25, 0.3) is 11.1 Å². The predicted octanol–water partition coefficient (Wildman–Crippen LogP) is 6.71. The lowest BCUT2D eigenvalue weighted by Crippen LogP contribution is -2.08. The number of aromatic nitrogens is 1. The van der Waals surface area contributed by atoms with Gasteiger partial charge in [-0.15, -0.1) is 0 Å². The van der Waals surface area contributed by atoms with Gasteiger partial charge in [-0.25, -0.2) is 13.8 Å². The average Bonchev–Trinajstić information content (AvgIpc) is 2.63. The van der Waals surface area contributed by atoms with Gasteiger partial charge in [-0.1, -0.05) is 40.9 Å². The van der Waals surface area contributed by atoms with Gasteiger partial charge in [0.1, 0.15) is 17.7 Å². The van der Waals surface area contributed by atoms with Crippen molar-refractivity contribution >= 4 is 40.6 Å². The van der Waals surface area contributed by atoms with Crippen molar-refractivity contribution < 1.29 is 13.5 Å². The predicted molar refractivity (Wildman–Crippen MR) is 105 cm³/mol. The van der Waals surface area contributed by atoms with Gasteiger partial charge in [0.2, 0.25) is 0 Å². The van der Waals surface area contributed by atoms with Gasteiger partial charge in [0, 0.05) is 22.3 Å². The molecule has 0 aliphatic carbocycles. The van der Waals surface area contributed by atoms with E-state index in [1.807, 2.05) is 0 Å². The lowest BCUT2D eigenvalue weighted by molar-refractivity contribution is 0.227. The van der Waals surface area contributed by atoms with E-state index in [4.69, 9.17) is 45.3 Å². The molecule has 3 nitrogen and oxygen atoms in total. The smallest absolute Gasteiger partial charge is 0.166 e. The largest absolute Gasteiger partial charge is 0.482 e. The Morgan fingerprint density at radius 1 is 0.963 bits per heavy atom. The Labute approximate surface area is 169 Å². The molecule has 3 aromatic rings. The van der Waals surface area contributed by atoms with E-state index in [1.54, 1.807) is 19.1 Å². The normalized spacial score (nSPS) is 12.1. The number of hydrogen-bond acceptors (Lipinski definition) is 3. The van der Waals surface area contributed by atoms with Crippen LogP contribution in [-0.4, -0.2) is 4.98 Å². The quantitative estimate of drug-likeness (QED) is 0.469. The Kier molecular flexibility index (Phi) is 5.75. The van der Waals surface area contributed by atoms with Crippen molar-refractivity contribution in [3.05, 3.63) is 74.9 Å². The SMILES string of the molecule is CC(Oc1cc(-c2ccc(F)c(Cl)c2)cnc1N)c1c(Cl)ccc(F)c1Cl. The first-order chi connectivity index (χ1) is 12.8. The number of halogens is 5. The van der Waals surface area contributed by atoms with Crippen molar-refractivity contribution in [1.29, 1.82) is 0 Å². The standard InChI is InChI=1S/C19H13Cl3F2N2O/c1-9(17-12(20)3-5-15(24)18(17)22)27-16-7-11(8-26-19(16)25)10-2-4-14(23)13(21)6-10/h2-9H,1H3,(H2,25,26). The number of nitrogens with zero attached hydrogens (tertiary/aromatic N) is 1. The van der Waals surface area contributed by atoms with Crippen LogP contribution in [0.5, 0.6) is 5.75 Å². The first-order valence-electron chi connectivity index (χ1n) is 7.79. The summed E-state index contributed by atoms with van der Waals surface area (Å²) in [6.45, 7) is 1.66. The van der Waals surface area contributed by atoms with Crippen molar-refractivity contribution in [2.45, 2.75) is 13.0 Å². The molecule has 0 fully saturated rings. The summed E-state index contributed by atoms with van der Waals surface area (Å²) < 4.78 is 33.0. The number of nitrogen functional groups attached to an aromatic ring is 1. The summed E-state index contributed by atoms with van der Waals surface area (Å²) in [5.74, 6) is -0.754. The Morgan fingerprint density at radius 3 is 2.37 bits per heavy atom. The molecule has 3 rings (SSSR count).